The third-order valence-electron chi connectivity index (χ3n) is 2.49. The number of nitrogens with two attached hydrogens (primary N) is 1. The molecule has 1 aromatic heterocycles. The van der Waals surface area contributed by atoms with E-state index in [0.29, 0.717) is 12.2 Å². The van der Waals surface area contributed by atoms with Crippen LogP contribution in [0.4, 0.5) is 0 Å². The third-order valence-corrected chi connectivity index (χ3v) is 2.49. The molecule has 0 saturated carbocycles. The summed E-state index contributed by atoms with van der Waals surface area (Å²) in [5, 5.41) is 7.75. The van der Waals surface area contributed by atoms with Gasteiger partial charge in [0.2, 0.25) is 5.91 Å². The van der Waals surface area contributed by atoms with Crippen LogP contribution in [0.3, 0.4) is 0 Å². The molecule has 0 radical (unpaired) electrons. The maximum absolute atomic E-state index is 11.6. The van der Waals surface area contributed by atoms with E-state index in [1.165, 1.54) is 0 Å². The summed E-state index contributed by atoms with van der Waals surface area (Å²) in [4.78, 5) is 13.3. The van der Waals surface area contributed by atoms with Crippen molar-refractivity contribution in [2.24, 2.45) is 5.73 Å². The molecule has 1 aliphatic rings. The fraction of sp³-hybridized carbons (Fsp3) is 0.625. The highest BCUT2D eigenvalue weighted by Crippen LogP contribution is 2.20. The van der Waals surface area contributed by atoms with Gasteiger partial charge in [0.15, 0.2) is 0 Å². The molecule has 1 unspecified atom stereocenters. The summed E-state index contributed by atoms with van der Waals surface area (Å²) in [5.41, 5.74) is 6.13. The Labute approximate surface area is 81.7 Å². The van der Waals surface area contributed by atoms with Gasteiger partial charge in [-0.3, -0.25) is 4.79 Å². The first-order valence-corrected chi connectivity index (χ1v) is 4.58. The van der Waals surface area contributed by atoms with Crippen LogP contribution in [0.1, 0.15) is 18.2 Å². The molecule has 0 aliphatic carbocycles. The third kappa shape index (κ3) is 1.37. The van der Waals surface area contributed by atoms with E-state index >= 15 is 0 Å². The molecule has 1 aliphatic heterocycles. The number of nitrogens with zero attached hydrogens (tertiary/aromatic N) is 4. The quantitative estimate of drug-likeness (QED) is 0.666. The zero-order valence-electron chi connectivity index (χ0n) is 8.05. The predicted molar refractivity (Wildman–Crippen MR) is 49.2 cm³/mol. The van der Waals surface area contributed by atoms with Gasteiger partial charge in [0, 0.05) is 20.1 Å². The SMILES string of the molecule is CN1CCC(n2cc(CN)nn2)C1=O. The molecule has 14 heavy (non-hydrogen) atoms. The van der Waals surface area contributed by atoms with Gasteiger partial charge in [-0.05, 0) is 6.42 Å². The highest BCUT2D eigenvalue weighted by molar-refractivity contribution is 5.82. The zero-order chi connectivity index (χ0) is 10.1. The number of aromatic nitrogens is 3. The molecule has 2 rings (SSSR count). The molecule has 2 heterocycles. The highest BCUT2D eigenvalue weighted by atomic mass is 16.2. The standard InChI is InChI=1S/C8H13N5O/c1-12-3-2-7(8(12)14)13-5-6(4-9)10-11-13/h5,7H,2-4,9H2,1H3. The first kappa shape index (κ1) is 9.14. The molecule has 6 nitrogen and oxygen atoms in total. The van der Waals surface area contributed by atoms with E-state index < -0.39 is 0 Å². The van der Waals surface area contributed by atoms with Gasteiger partial charge in [0.1, 0.15) is 6.04 Å². The summed E-state index contributed by atoms with van der Waals surface area (Å²) >= 11 is 0. The fourth-order valence-electron chi connectivity index (χ4n) is 1.61. The molecular weight excluding hydrogens is 182 g/mol. The molecule has 0 bridgehead atoms. The molecule has 1 aromatic rings. The summed E-state index contributed by atoms with van der Waals surface area (Å²) in [6, 6.07) is -0.187. The topological polar surface area (TPSA) is 77.0 Å². The van der Waals surface area contributed by atoms with E-state index in [9.17, 15) is 4.79 Å². The summed E-state index contributed by atoms with van der Waals surface area (Å²) in [6.07, 6.45) is 2.53. The van der Waals surface area contributed by atoms with Crippen LogP contribution in [0, 0.1) is 0 Å². The lowest BCUT2D eigenvalue weighted by Crippen LogP contribution is -2.24. The molecule has 2 N–H and O–H groups in total. The largest absolute Gasteiger partial charge is 0.344 e. The number of likely N-dealkylation sites (N-methyl/N-ethyl adjacent to an activating group) is 1. The number of carbonyl (C=O) groups is 1. The van der Waals surface area contributed by atoms with Crippen molar-refractivity contribution in [3.63, 3.8) is 0 Å². The first-order valence-electron chi connectivity index (χ1n) is 4.58. The van der Waals surface area contributed by atoms with Crippen molar-refractivity contribution in [1.29, 1.82) is 0 Å². The minimum absolute atomic E-state index is 0.0958. The van der Waals surface area contributed by atoms with E-state index in [1.54, 1.807) is 22.8 Å². The minimum Gasteiger partial charge on any atom is -0.344 e. The van der Waals surface area contributed by atoms with E-state index in [0.717, 1.165) is 13.0 Å². The second kappa shape index (κ2) is 3.38. The van der Waals surface area contributed by atoms with Crippen LogP contribution in [-0.2, 0) is 11.3 Å². The molecule has 1 amide bonds. The molecule has 1 atom stereocenters. The first-order chi connectivity index (χ1) is 6.72. The van der Waals surface area contributed by atoms with Crippen molar-refractivity contribution in [3.05, 3.63) is 11.9 Å². The molecule has 76 valence electrons. The van der Waals surface area contributed by atoms with Crippen LogP contribution < -0.4 is 5.73 Å². The van der Waals surface area contributed by atoms with E-state index in [1.807, 2.05) is 0 Å². The Balaban J connectivity index is 2.19. The van der Waals surface area contributed by atoms with Gasteiger partial charge in [-0.25, -0.2) is 4.68 Å². The number of amides is 1. The van der Waals surface area contributed by atoms with Gasteiger partial charge in [0.25, 0.3) is 0 Å². The van der Waals surface area contributed by atoms with Crippen molar-refractivity contribution in [1.82, 2.24) is 19.9 Å². The Kier molecular flexibility index (Phi) is 2.20. The van der Waals surface area contributed by atoms with Gasteiger partial charge in [0.05, 0.1) is 11.9 Å². The Morgan fingerprint density at radius 1 is 1.71 bits per heavy atom. The Bertz CT molecular complexity index is 347. The Hall–Kier alpha value is -1.43. The van der Waals surface area contributed by atoms with Gasteiger partial charge >= 0.3 is 0 Å². The van der Waals surface area contributed by atoms with Gasteiger partial charge < -0.3 is 10.6 Å². The number of hydrogen-bond acceptors (Lipinski definition) is 4. The van der Waals surface area contributed by atoms with Crippen molar-refractivity contribution < 1.29 is 4.79 Å². The zero-order valence-corrected chi connectivity index (χ0v) is 8.05. The lowest BCUT2D eigenvalue weighted by atomic mass is 10.2. The average molecular weight is 195 g/mol. The fourth-order valence-corrected chi connectivity index (χ4v) is 1.61. The van der Waals surface area contributed by atoms with Crippen LogP contribution in [0.5, 0.6) is 0 Å². The molecule has 0 spiro atoms. The van der Waals surface area contributed by atoms with Crippen molar-refractivity contribution in [3.8, 4) is 0 Å². The van der Waals surface area contributed by atoms with Crippen molar-refractivity contribution in [2.45, 2.75) is 19.0 Å². The molecular formula is C8H13N5O. The molecule has 1 saturated heterocycles. The van der Waals surface area contributed by atoms with Gasteiger partial charge in [-0.15, -0.1) is 5.10 Å². The minimum atomic E-state index is -0.187. The van der Waals surface area contributed by atoms with Crippen molar-refractivity contribution >= 4 is 5.91 Å². The van der Waals surface area contributed by atoms with Crippen LogP contribution in [0.25, 0.3) is 0 Å². The summed E-state index contributed by atoms with van der Waals surface area (Å²) < 4.78 is 1.61. The average Bonchev–Trinajstić information content (AvgIpc) is 2.75. The lowest BCUT2D eigenvalue weighted by molar-refractivity contribution is -0.129. The second-order valence-corrected chi connectivity index (χ2v) is 3.46. The van der Waals surface area contributed by atoms with E-state index in [2.05, 4.69) is 10.3 Å². The highest BCUT2D eigenvalue weighted by Gasteiger charge is 2.31. The van der Waals surface area contributed by atoms with Gasteiger partial charge in [-0.2, -0.15) is 0 Å². The Morgan fingerprint density at radius 3 is 3.00 bits per heavy atom. The molecule has 1 fully saturated rings. The summed E-state index contributed by atoms with van der Waals surface area (Å²) in [5.74, 6) is 0.0958. The van der Waals surface area contributed by atoms with E-state index in [4.69, 9.17) is 5.73 Å². The molecule has 0 aromatic carbocycles. The maximum Gasteiger partial charge on any atom is 0.247 e. The number of hydrogen-bond donors (Lipinski definition) is 1. The lowest BCUT2D eigenvalue weighted by Gasteiger charge is -2.09. The molecule has 6 heteroatoms. The Morgan fingerprint density at radius 2 is 2.50 bits per heavy atom. The van der Waals surface area contributed by atoms with Gasteiger partial charge in [-0.1, -0.05) is 5.21 Å². The van der Waals surface area contributed by atoms with Crippen LogP contribution in [0.15, 0.2) is 6.20 Å². The van der Waals surface area contributed by atoms with E-state index in [-0.39, 0.29) is 11.9 Å². The summed E-state index contributed by atoms with van der Waals surface area (Å²) in [7, 11) is 1.79. The number of likely N-dealkylation sites (tertiary alicyclic amines) is 1. The van der Waals surface area contributed by atoms with Crippen LogP contribution in [0.2, 0.25) is 0 Å². The maximum atomic E-state index is 11.6. The van der Waals surface area contributed by atoms with Crippen molar-refractivity contribution in [2.75, 3.05) is 13.6 Å². The normalized spacial score (nSPS) is 22.0. The predicted octanol–water partition coefficient (Wildman–Crippen LogP) is -0.860. The monoisotopic (exact) mass is 195 g/mol. The number of carbonyl (C=O) groups excluding carboxylic acids is 1. The van der Waals surface area contributed by atoms with Crippen LogP contribution in [-0.4, -0.2) is 39.4 Å². The number of rotatable bonds is 2. The second-order valence-electron chi connectivity index (χ2n) is 3.46. The smallest absolute Gasteiger partial charge is 0.247 e. The van der Waals surface area contributed by atoms with Crippen LogP contribution >= 0.6 is 0 Å². The summed E-state index contributed by atoms with van der Waals surface area (Å²) in [6.45, 7) is 1.14.